The molecule has 0 aliphatic rings. The Hall–Kier alpha value is -1.59. The van der Waals surface area contributed by atoms with Gasteiger partial charge in [0, 0.05) is 18.5 Å². The van der Waals surface area contributed by atoms with E-state index in [4.69, 9.17) is 20.9 Å². The van der Waals surface area contributed by atoms with Crippen molar-refractivity contribution < 1.29 is 9.26 Å². The van der Waals surface area contributed by atoms with E-state index in [1.54, 1.807) is 6.07 Å². The average Bonchev–Trinajstić information content (AvgIpc) is 2.92. The quantitative estimate of drug-likeness (QED) is 0.851. The Bertz CT molecular complexity index is 557. The minimum absolute atomic E-state index is 0.242. The molecule has 2 rings (SSSR count). The van der Waals surface area contributed by atoms with Gasteiger partial charge in [0.2, 0.25) is 11.7 Å². The first-order valence-corrected chi connectivity index (χ1v) is 7.04. The lowest BCUT2D eigenvalue weighted by atomic mass is 10.2. The lowest BCUT2D eigenvalue weighted by Gasteiger charge is -2.12. The molecule has 108 valence electrons. The molecule has 1 heterocycles. The number of aromatic nitrogens is 2. The minimum atomic E-state index is 0.242. The van der Waals surface area contributed by atoms with Crippen molar-refractivity contribution in [1.29, 1.82) is 0 Å². The molecule has 0 spiro atoms. The highest BCUT2D eigenvalue weighted by atomic mass is 35.5. The van der Waals surface area contributed by atoms with Gasteiger partial charge in [-0.25, -0.2) is 0 Å². The molecule has 5 nitrogen and oxygen atoms in total. The Morgan fingerprint density at radius 2 is 2.20 bits per heavy atom. The second-order valence-corrected chi connectivity index (χ2v) is 4.66. The van der Waals surface area contributed by atoms with Gasteiger partial charge >= 0.3 is 0 Å². The van der Waals surface area contributed by atoms with Crippen LogP contribution in [0, 0.1) is 0 Å². The standard InChI is InChI=1S/C14H18ClN3O2/c1-3-13-17-12(18-20-13)9-19-14-10(8-16-4-2)6-5-7-11(14)15/h5-7,16H,3-4,8-9H2,1-2H3. The van der Waals surface area contributed by atoms with Crippen molar-refractivity contribution in [2.24, 2.45) is 0 Å². The van der Waals surface area contributed by atoms with Crippen LogP contribution in [0.25, 0.3) is 0 Å². The SMILES string of the molecule is CCNCc1cccc(Cl)c1OCc1noc(CC)n1. The van der Waals surface area contributed by atoms with E-state index < -0.39 is 0 Å². The summed E-state index contributed by atoms with van der Waals surface area (Å²) in [7, 11) is 0. The van der Waals surface area contributed by atoms with E-state index in [-0.39, 0.29) is 6.61 Å². The number of hydrogen-bond acceptors (Lipinski definition) is 5. The molecule has 0 atom stereocenters. The number of rotatable bonds is 7. The molecular formula is C14H18ClN3O2. The lowest BCUT2D eigenvalue weighted by Crippen LogP contribution is -2.13. The van der Waals surface area contributed by atoms with Crippen molar-refractivity contribution in [3.8, 4) is 5.75 Å². The van der Waals surface area contributed by atoms with Gasteiger partial charge in [0.25, 0.3) is 0 Å². The van der Waals surface area contributed by atoms with Crippen molar-refractivity contribution >= 4 is 11.6 Å². The number of ether oxygens (including phenoxy) is 1. The van der Waals surface area contributed by atoms with Crippen molar-refractivity contribution in [2.75, 3.05) is 6.54 Å². The van der Waals surface area contributed by atoms with Gasteiger partial charge in [0.15, 0.2) is 6.61 Å². The molecule has 0 aliphatic heterocycles. The number of hydrogen-bond donors (Lipinski definition) is 1. The maximum Gasteiger partial charge on any atom is 0.226 e. The van der Waals surface area contributed by atoms with Gasteiger partial charge in [-0.2, -0.15) is 4.98 Å². The smallest absolute Gasteiger partial charge is 0.226 e. The first kappa shape index (κ1) is 14.8. The summed E-state index contributed by atoms with van der Waals surface area (Å²) in [5.41, 5.74) is 1.01. The van der Waals surface area contributed by atoms with Gasteiger partial charge in [-0.05, 0) is 12.6 Å². The van der Waals surface area contributed by atoms with Crippen LogP contribution in [0.3, 0.4) is 0 Å². The van der Waals surface area contributed by atoms with Crippen LogP contribution in [-0.2, 0) is 19.6 Å². The summed E-state index contributed by atoms with van der Waals surface area (Å²) in [6, 6.07) is 5.70. The third-order valence-electron chi connectivity index (χ3n) is 2.77. The Morgan fingerprint density at radius 1 is 1.35 bits per heavy atom. The van der Waals surface area contributed by atoms with E-state index in [0.29, 0.717) is 35.5 Å². The van der Waals surface area contributed by atoms with Crippen LogP contribution in [0.4, 0.5) is 0 Å². The fourth-order valence-corrected chi connectivity index (χ4v) is 1.99. The highest BCUT2D eigenvalue weighted by Crippen LogP contribution is 2.29. The summed E-state index contributed by atoms with van der Waals surface area (Å²) in [6.45, 7) is 5.85. The molecule has 20 heavy (non-hydrogen) atoms. The lowest BCUT2D eigenvalue weighted by molar-refractivity contribution is 0.282. The van der Waals surface area contributed by atoms with Crippen LogP contribution in [0.5, 0.6) is 5.75 Å². The van der Waals surface area contributed by atoms with Gasteiger partial charge in [0.1, 0.15) is 5.75 Å². The third-order valence-corrected chi connectivity index (χ3v) is 3.07. The molecule has 0 amide bonds. The summed E-state index contributed by atoms with van der Waals surface area (Å²) in [5, 5.41) is 7.69. The summed E-state index contributed by atoms with van der Waals surface area (Å²) in [5.74, 6) is 1.80. The molecule has 0 radical (unpaired) electrons. The van der Waals surface area contributed by atoms with Gasteiger partial charge in [-0.1, -0.05) is 42.7 Å². The van der Waals surface area contributed by atoms with Crippen molar-refractivity contribution in [2.45, 2.75) is 33.4 Å². The Kier molecular flexibility index (Phi) is 5.38. The van der Waals surface area contributed by atoms with E-state index in [1.165, 1.54) is 0 Å². The summed E-state index contributed by atoms with van der Waals surface area (Å²) >= 11 is 6.19. The van der Waals surface area contributed by atoms with Crippen molar-refractivity contribution in [3.63, 3.8) is 0 Å². The van der Waals surface area contributed by atoms with Gasteiger partial charge in [0.05, 0.1) is 5.02 Å². The molecule has 0 unspecified atom stereocenters. The van der Waals surface area contributed by atoms with Gasteiger partial charge in [-0.15, -0.1) is 0 Å². The zero-order valence-corrected chi connectivity index (χ0v) is 12.4. The van der Waals surface area contributed by atoms with Crippen LogP contribution < -0.4 is 10.1 Å². The maximum absolute atomic E-state index is 6.19. The Labute approximate surface area is 123 Å². The summed E-state index contributed by atoms with van der Waals surface area (Å²) in [4.78, 5) is 4.20. The molecule has 1 aromatic carbocycles. The molecule has 2 aromatic rings. The molecule has 1 aromatic heterocycles. The molecule has 0 aliphatic carbocycles. The number of nitrogens with zero attached hydrogens (tertiary/aromatic N) is 2. The second-order valence-electron chi connectivity index (χ2n) is 4.25. The first-order chi connectivity index (χ1) is 9.74. The summed E-state index contributed by atoms with van der Waals surface area (Å²) < 4.78 is 10.8. The Balaban J connectivity index is 2.07. The number of nitrogens with one attached hydrogen (secondary N) is 1. The highest BCUT2D eigenvalue weighted by Gasteiger charge is 2.11. The predicted molar refractivity (Wildman–Crippen MR) is 76.8 cm³/mol. The molecule has 1 N–H and O–H groups in total. The van der Waals surface area contributed by atoms with E-state index in [1.807, 2.05) is 19.1 Å². The third kappa shape index (κ3) is 3.71. The van der Waals surface area contributed by atoms with Crippen LogP contribution in [0.1, 0.15) is 31.1 Å². The number of aryl methyl sites for hydroxylation is 1. The fraction of sp³-hybridized carbons (Fsp3) is 0.429. The number of halogens is 1. The van der Waals surface area contributed by atoms with Gasteiger partial charge < -0.3 is 14.6 Å². The first-order valence-electron chi connectivity index (χ1n) is 6.67. The Morgan fingerprint density at radius 3 is 2.90 bits per heavy atom. The fourth-order valence-electron chi connectivity index (χ4n) is 1.74. The van der Waals surface area contributed by atoms with Crippen LogP contribution in [0.2, 0.25) is 5.02 Å². The minimum Gasteiger partial charge on any atom is -0.484 e. The normalized spacial score (nSPS) is 10.8. The van der Waals surface area contributed by atoms with Crippen LogP contribution in [-0.4, -0.2) is 16.7 Å². The number of para-hydroxylation sites is 1. The van der Waals surface area contributed by atoms with Crippen molar-refractivity contribution in [1.82, 2.24) is 15.5 Å². The molecule has 0 bridgehead atoms. The maximum atomic E-state index is 6.19. The molecule has 0 fully saturated rings. The molecular weight excluding hydrogens is 278 g/mol. The number of benzene rings is 1. The van der Waals surface area contributed by atoms with E-state index in [9.17, 15) is 0 Å². The van der Waals surface area contributed by atoms with Crippen LogP contribution >= 0.6 is 11.6 Å². The monoisotopic (exact) mass is 295 g/mol. The molecule has 0 saturated heterocycles. The van der Waals surface area contributed by atoms with Crippen molar-refractivity contribution in [3.05, 3.63) is 40.5 Å². The highest BCUT2D eigenvalue weighted by molar-refractivity contribution is 6.32. The van der Waals surface area contributed by atoms with Crippen LogP contribution in [0.15, 0.2) is 22.7 Å². The van der Waals surface area contributed by atoms with E-state index >= 15 is 0 Å². The van der Waals surface area contributed by atoms with Gasteiger partial charge in [-0.3, -0.25) is 0 Å². The van der Waals surface area contributed by atoms with E-state index in [0.717, 1.165) is 12.1 Å². The zero-order valence-electron chi connectivity index (χ0n) is 11.6. The topological polar surface area (TPSA) is 60.2 Å². The summed E-state index contributed by atoms with van der Waals surface area (Å²) in [6.07, 6.45) is 0.713. The second kappa shape index (κ2) is 7.26. The van der Waals surface area contributed by atoms with E-state index in [2.05, 4.69) is 22.4 Å². The zero-order chi connectivity index (χ0) is 14.4. The molecule has 0 saturated carbocycles. The predicted octanol–water partition coefficient (Wildman–Crippen LogP) is 2.97. The average molecular weight is 296 g/mol. The molecule has 6 heteroatoms. The largest absolute Gasteiger partial charge is 0.484 e.